The van der Waals surface area contributed by atoms with Crippen molar-refractivity contribution in [3.8, 4) is 0 Å². The van der Waals surface area contributed by atoms with Gasteiger partial charge >= 0.3 is 0 Å². The number of hydrogen-bond acceptors (Lipinski definition) is 2. The van der Waals surface area contributed by atoms with E-state index in [0.29, 0.717) is 21.2 Å². The molecular weight excluding hydrogens is 159 g/mol. The van der Waals surface area contributed by atoms with Crippen molar-refractivity contribution in [2.45, 2.75) is 50.7 Å². The van der Waals surface area contributed by atoms with Gasteiger partial charge < -0.3 is 9.05 Å². The summed E-state index contributed by atoms with van der Waals surface area (Å²) >= 11 is 0. The molecule has 0 bridgehead atoms. The summed E-state index contributed by atoms with van der Waals surface area (Å²) in [6.07, 6.45) is 8.77. The molecule has 0 aromatic rings. The number of hydrogen-bond donors (Lipinski definition) is 0. The Morgan fingerprint density at radius 3 is 1.55 bits per heavy atom. The summed E-state index contributed by atoms with van der Waals surface area (Å²) in [6.45, 7) is 0. The summed E-state index contributed by atoms with van der Waals surface area (Å²) in [5.74, 6) is 0. The van der Waals surface area contributed by atoms with Crippen molar-refractivity contribution in [2.24, 2.45) is 0 Å². The van der Waals surface area contributed by atoms with Crippen molar-refractivity contribution < 1.29 is 9.05 Å². The van der Waals surface area contributed by atoms with E-state index in [1.807, 2.05) is 0 Å². The highest BCUT2D eigenvalue weighted by atomic mass is 31.1. The average Bonchev–Trinajstić information content (AvgIpc) is 1.79. The molecule has 2 aliphatic carbocycles. The molecule has 0 unspecified atom stereocenters. The van der Waals surface area contributed by atoms with Crippen LogP contribution in [0, 0.1) is 0 Å². The lowest BCUT2D eigenvalue weighted by Gasteiger charge is -2.28. The second kappa shape index (κ2) is 3.84. The molecule has 0 heterocycles. The van der Waals surface area contributed by atoms with Gasteiger partial charge in [-0.15, -0.1) is 0 Å². The predicted octanol–water partition coefficient (Wildman–Crippen LogP) is 2.63. The Bertz CT molecular complexity index is 107. The van der Waals surface area contributed by atoms with Crippen LogP contribution in [-0.4, -0.2) is 12.2 Å². The maximum atomic E-state index is 5.49. The van der Waals surface area contributed by atoms with Gasteiger partial charge in [0.2, 0.25) is 0 Å². The van der Waals surface area contributed by atoms with Gasteiger partial charge in [0.1, 0.15) is 0 Å². The van der Waals surface area contributed by atoms with Crippen LogP contribution in [0.15, 0.2) is 0 Å². The van der Waals surface area contributed by atoms with E-state index in [1.54, 1.807) is 0 Å². The maximum Gasteiger partial charge on any atom is 0.155 e. The van der Waals surface area contributed by atoms with Crippen LogP contribution in [0.4, 0.5) is 0 Å². The van der Waals surface area contributed by atoms with Gasteiger partial charge in [0.25, 0.3) is 0 Å². The minimum Gasteiger partial charge on any atom is -0.333 e. The van der Waals surface area contributed by atoms with Crippen molar-refractivity contribution in [3.05, 3.63) is 0 Å². The Morgan fingerprint density at radius 2 is 1.27 bits per heavy atom. The van der Waals surface area contributed by atoms with Crippen molar-refractivity contribution in [1.29, 1.82) is 0 Å². The smallest absolute Gasteiger partial charge is 0.155 e. The van der Waals surface area contributed by atoms with Gasteiger partial charge in [-0.2, -0.15) is 0 Å². The molecular formula is C8H15O2P. The Kier molecular flexibility index (Phi) is 2.78. The average molecular weight is 174 g/mol. The summed E-state index contributed by atoms with van der Waals surface area (Å²) in [7, 11) is 0.309. The fourth-order valence-electron chi connectivity index (χ4n) is 1.14. The van der Waals surface area contributed by atoms with Crippen LogP contribution in [0.3, 0.4) is 0 Å². The molecule has 0 aromatic heterocycles. The summed E-state index contributed by atoms with van der Waals surface area (Å²) in [5.41, 5.74) is 0. The summed E-state index contributed by atoms with van der Waals surface area (Å²) in [4.78, 5) is 0. The fourth-order valence-corrected chi connectivity index (χ4v) is 1.94. The predicted molar refractivity (Wildman–Crippen MR) is 45.8 cm³/mol. The van der Waals surface area contributed by atoms with E-state index < -0.39 is 0 Å². The quantitative estimate of drug-likeness (QED) is 0.610. The molecule has 0 saturated heterocycles. The zero-order valence-corrected chi connectivity index (χ0v) is 7.71. The lowest BCUT2D eigenvalue weighted by molar-refractivity contribution is 0.0803. The minimum atomic E-state index is 0.309. The Balaban J connectivity index is 1.46. The largest absolute Gasteiger partial charge is 0.333 e. The van der Waals surface area contributed by atoms with Gasteiger partial charge in [0.15, 0.2) is 9.03 Å². The van der Waals surface area contributed by atoms with Crippen LogP contribution < -0.4 is 0 Å². The van der Waals surface area contributed by atoms with Gasteiger partial charge in [0, 0.05) is 0 Å². The van der Waals surface area contributed by atoms with Gasteiger partial charge in [0.05, 0.1) is 12.2 Å². The molecule has 0 radical (unpaired) electrons. The Morgan fingerprint density at radius 1 is 0.818 bits per heavy atom. The molecule has 2 fully saturated rings. The first-order valence-electron chi connectivity index (χ1n) is 4.51. The second-order valence-corrected chi connectivity index (χ2v) is 4.06. The van der Waals surface area contributed by atoms with Crippen LogP contribution in [0.1, 0.15) is 38.5 Å². The minimum absolute atomic E-state index is 0.309. The highest BCUT2D eigenvalue weighted by Crippen LogP contribution is 2.34. The molecule has 0 amide bonds. The molecule has 2 saturated carbocycles. The highest BCUT2D eigenvalue weighted by Gasteiger charge is 2.21. The van der Waals surface area contributed by atoms with E-state index in [9.17, 15) is 0 Å². The van der Waals surface area contributed by atoms with E-state index >= 15 is 0 Å². The molecule has 11 heavy (non-hydrogen) atoms. The van der Waals surface area contributed by atoms with Crippen molar-refractivity contribution in [3.63, 3.8) is 0 Å². The normalized spacial score (nSPS) is 26.2. The third kappa shape index (κ3) is 2.14. The molecule has 3 heteroatoms. The van der Waals surface area contributed by atoms with E-state index in [1.165, 1.54) is 38.5 Å². The lowest BCUT2D eigenvalue weighted by atomic mass is 9.97. The SMILES string of the molecule is C1CC(OPOC2CCC2)C1. The van der Waals surface area contributed by atoms with E-state index in [2.05, 4.69) is 0 Å². The van der Waals surface area contributed by atoms with E-state index in [4.69, 9.17) is 9.05 Å². The maximum absolute atomic E-state index is 5.49. The summed E-state index contributed by atoms with van der Waals surface area (Å²) in [6, 6.07) is 0. The number of rotatable bonds is 4. The van der Waals surface area contributed by atoms with E-state index in [-0.39, 0.29) is 0 Å². The molecule has 0 spiro atoms. The molecule has 2 nitrogen and oxygen atoms in total. The Hall–Kier alpha value is 0.350. The third-order valence-corrected chi connectivity index (χ3v) is 3.39. The zero-order valence-electron chi connectivity index (χ0n) is 6.71. The standard InChI is InChI=1S/C8H15O2P/c1-3-7(4-1)9-11-10-8-5-2-6-8/h7-8,11H,1-6H2. The molecule has 2 aliphatic rings. The molecule has 0 aromatic carbocycles. The van der Waals surface area contributed by atoms with Crippen molar-refractivity contribution in [2.75, 3.05) is 0 Å². The zero-order chi connectivity index (χ0) is 7.52. The highest BCUT2D eigenvalue weighted by molar-refractivity contribution is 7.26. The topological polar surface area (TPSA) is 18.5 Å². The van der Waals surface area contributed by atoms with Crippen LogP contribution in [0.5, 0.6) is 0 Å². The molecule has 2 rings (SSSR count). The van der Waals surface area contributed by atoms with Gasteiger partial charge in [-0.25, -0.2) is 0 Å². The van der Waals surface area contributed by atoms with Crippen molar-refractivity contribution in [1.82, 2.24) is 0 Å². The van der Waals surface area contributed by atoms with Crippen molar-refractivity contribution >= 4 is 9.03 Å². The first kappa shape index (κ1) is 7.97. The van der Waals surface area contributed by atoms with Crippen LogP contribution in [0.2, 0.25) is 0 Å². The molecule has 64 valence electrons. The summed E-state index contributed by atoms with van der Waals surface area (Å²) in [5, 5.41) is 0. The van der Waals surface area contributed by atoms with E-state index in [0.717, 1.165) is 0 Å². The molecule has 0 N–H and O–H groups in total. The fraction of sp³-hybridized carbons (Fsp3) is 1.00. The first-order chi connectivity index (χ1) is 5.45. The van der Waals surface area contributed by atoms with Gasteiger partial charge in [-0.05, 0) is 38.5 Å². The second-order valence-electron chi connectivity index (χ2n) is 3.42. The van der Waals surface area contributed by atoms with Gasteiger partial charge in [-0.3, -0.25) is 0 Å². The van der Waals surface area contributed by atoms with Gasteiger partial charge in [-0.1, -0.05) is 0 Å². The molecule has 0 atom stereocenters. The first-order valence-corrected chi connectivity index (χ1v) is 5.33. The third-order valence-electron chi connectivity index (χ3n) is 2.53. The summed E-state index contributed by atoms with van der Waals surface area (Å²) < 4.78 is 11.0. The Labute approximate surface area is 69.6 Å². The lowest BCUT2D eigenvalue weighted by Crippen LogP contribution is -2.21. The monoisotopic (exact) mass is 174 g/mol. The van der Waals surface area contributed by atoms with Crippen LogP contribution >= 0.6 is 9.03 Å². The molecule has 0 aliphatic heterocycles. The van der Waals surface area contributed by atoms with Crippen LogP contribution in [0.25, 0.3) is 0 Å². The van der Waals surface area contributed by atoms with Crippen LogP contribution in [-0.2, 0) is 9.05 Å².